The molecule has 2 aromatic heterocycles. The lowest BCUT2D eigenvalue weighted by Crippen LogP contribution is -2.40. The van der Waals surface area contributed by atoms with E-state index in [1.54, 1.807) is 0 Å². The lowest BCUT2D eigenvalue weighted by molar-refractivity contribution is -0.788. The molecule has 0 atom stereocenters. The van der Waals surface area contributed by atoms with Gasteiger partial charge in [-0.3, -0.25) is 9.53 Å². The number of ketones is 1. The Labute approximate surface area is 141 Å². The highest BCUT2D eigenvalue weighted by Gasteiger charge is 2.12. The minimum atomic E-state index is 0.148. The fourth-order valence-electron chi connectivity index (χ4n) is 2.22. The van der Waals surface area contributed by atoms with Crippen molar-refractivity contribution in [2.45, 2.75) is 33.7 Å². The first kappa shape index (κ1) is 17.7. The van der Waals surface area contributed by atoms with Crippen LogP contribution >= 0.6 is 0 Å². The van der Waals surface area contributed by atoms with Crippen LogP contribution in [0.5, 0.6) is 0 Å². The van der Waals surface area contributed by atoms with Gasteiger partial charge < -0.3 is 5.21 Å². The molecule has 0 aromatic carbocycles. The fraction of sp³-hybridized carbons (Fsp3) is 0.333. The van der Waals surface area contributed by atoms with Gasteiger partial charge in [-0.05, 0) is 12.0 Å². The summed E-state index contributed by atoms with van der Waals surface area (Å²) in [6, 6.07) is 7.33. The van der Waals surface area contributed by atoms with Crippen molar-refractivity contribution in [3.8, 4) is 0 Å². The van der Waals surface area contributed by atoms with E-state index in [1.807, 2.05) is 72.0 Å². The molecule has 6 heteroatoms. The third kappa shape index (κ3) is 5.55. The van der Waals surface area contributed by atoms with Gasteiger partial charge in [-0.1, -0.05) is 19.0 Å². The van der Waals surface area contributed by atoms with Crippen molar-refractivity contribution in [3.63, 3.8) is 0 Å². The molecule has 0 saturated heterocycles. The van der Waals surface area contributed by atoms with Crippen LogP contribution in [-0.2, 0) is 18.2 Å². The molecule has 0 unspecified atom stereocenters. The number of nitrogens with zero attached hydrogens (tertiary/aromatic N) is 3. The monoisotopic (exact) mass is 329 g/mol. The van der Waals surface area contributed by atoms with Gasteiger partial charge in [0.25, 0.3) is 13.5 Å². The summed E-state index contributed by atoms with van der Waals surface area (Å²) in [6.45, 7) is 4.81. The number of carbonyl (C=O) groups excluding carboxylic acids is 1. The molecule has 0 fully saturated rings. The smallest absolute Gasteiger partial charge is 0.257 e. The highest BCUT2D eigenvalue weighted by molar-refractivity contribution is 5.95. The minimum absolute atomic E-state index is 0.148. The molecule has 24 heavy (non-hydrogen) atoms. The van der Waals surface area contributed by atoms with E-state index in [0.29, 0.717) is 31.4 Å². The Morgan fingerprint density at radius 1 is 1.21 bits per heavy atom. The van der Waals surface area contributed by atoms with Crippen LogP contribution in [0.15, 0.2) is 54.2 Å². The zero-order valence-corrected chi connectivity index (χ0v) is 14.0. The second-order valence-electron chi connectivity index (χ2n) is 5.98. The number of oxime groups is 1. The topological polar surface area (TPSA) is 66.7 Å². The van der Waals surface area contributed by atoms with E-state index in [2.05, 4.69) is 5.16 Å². The van der Waals surface area contributed by atoms with Crippen LogP contribution in [-0.4, -0.2) is 17.2 Å². The normalized spacial score (nSPS) is 11.3. The summed E-state index contributed by atoms with van der Waals surface area (Å²) < 4.78 is 9.37. The summed E-state index contributed by atoms with van der Waals surface area (Å²) in [6.07, 6.45) is 9.27. The summed E-state index contributed by atoms with van der Waals surface area (Å²) in [5.74, 6) is 0.493. The van der Waals surface area contributed by atoms with Crippen molar-refractivity contribution in [3.05, 3.63) is 60.2 Å². The standard InChI is InChI=1S/C18H22N3O3/c1-15(2)10-18(22)17-4-3-7-21(12-17)14-24-13-20-8-5-16(6-9-20)11-19-23/h3-9,11-12,15H,10,13-14H2,1-2H3/q+1/p+1. The largest absolute Gasteiger partial charge is 0.411 e. The Kier molecular flexibility index (Phi) is 6.57. The molecule has 2 rings (SSSR count). The van der Waals surface area contributed by atoms with Crippen LogP contribution < -0.4 is 9.13 Å². The van der Waals surface area contributed by atoms with Crippen molar-refractivity contribution >= 4 is 12.0 Å². The van der Waals surface area contributed by atoms with Gasteiger partial charge in [0.2, 0.25) is 0 Å². The van der Waals surface area contributed by atoms with Crippen molar-refractivity contribution in [2.24, 2.45) is 11.1 Å². The first-order valence-electron chi connectivity index (χ1n) is 7.85. The molecular formula is C18H23N3O3+2. The molecule has 0 amide bonds. The molecule has 0 aliphatic heterocycles. The summed E-state index contributed by atoms with van der Waals surface area (Å²) in [5, 5.41) is 11.5. The van der Waals surface area contributed by atoms with E-state index < -0.39 is 0 Å². The number of pyridine rings is 2. The van der Waals surface area contributed by atoms with Gasteiger partial charge in [-0.2, -0.15) is 9.13 Å². The number of hydrogen-bond donors (Lipinski definition) is 1. The molecule has 0 radical (unpaired) electrons. The lowest BCUT2D eigenvalue weighted by atomic mass is 10.0. The maximum absolute atomic E-state index is 12.1. The number of rotatable bonds is 8. The molecule has 0 bridgehead atoms. The third-order valence-electron chi connectivity index (χ3n) is 3.38. The number of carbonyl (C=O) groups is 1. The van der Waals surface area contributed by atoms with Gasteiger partial charge in [0.1, 0.15) is 0 Å². The average molecular weight is 329 g/mol. The summed E-state index contributed by atoms with van der Waals surface area (Å²) in [7, 11) is 0. The van der Waals surface area contributed by atoms with Crippen LogP contribution in [0.1, 0.15) is 36.2 Å². The number of ether oxygens (including phenoxy) is 1. The summed E-state index contributed by atoms with van der Waals surface area (Å²) >= 11 is 0. The van der Waals surface area contributed by atoms with E-state index in [0.717, 1.165) is 5.56 Å². The number of aromatic nitrogens is 2. The SMILES string of the molecule is CC(C)CC(=O)c1ccc[n+](COC[n+]2ccc(/C=N/O)cc2)c1. The Morgan fingerprint density at radius 3 is 2.58 bits per heavy atom. The molecule has 6 nitrogen and oxygen atoms in total. The molecule has 2 heterocycles. The average Bonchev–Trinajstić information content (AvgIpc) is 2.56. The predicted molar refractivity (Wildman–Crippen MR) is 87.5 cm³/mol. The Bertz CT molecular complexity index is 697. The molecule has 0 aliphatic rings. The molecule has 1 N–H and O–H groups in total. The van der Waals surface area contributed by atoms with Crippen LogP contribution in [0.3, 0.4) is 0 Å². The van der Waals surface area contributed by atoms with Crippen molar-refractivity contribution in [1.29, 1.82) is 0 Å². The quantitative estimate of drug-likeness (QED) is 0.265. The summed E-state index contributed by atoms with van der Waals surface area (Å²) in [5.41, 5.74) is 1.51. The highest BCUT2D eigenvalue weighted by Crippen LogP contribution is 2.07. The second kappa shape index (κ2) is 8.88. The zero-order chi connectivity index (χ0) is 17.4. The minimum Gasteiger partial charge on any atom is -0.411 e. The Balaban J connectivity index is 1.89. The van der Waals surface area contributed by atoms with Crippen molar-refractivity contribution in [1.82, 2.24) is 0 Å². The Hall–Kier alpha value is -2.60. The zero-order valence-electron chi connectivity index (χ0n) is 14.0. The maximum atomic E-state index is 12.1. The molecule has 126 valence electrons. The van der Waals surface area contributed by atoms with Gasteiger partial charge in [-0.15, -0.1) is 0 Å². The van der Waals surface area contributed by atoms with Gasteiger partial charge in [-0.25, -0.2) is 0 Å². The Morgan fingerprint density at radius 2 is 1.92 bits per heavy atom. The molecule has 0 aliphatic carbocycles. The number of hydrogen-bond acceptors (Lipinski definition) is 4. The van der Waals surface area contributed by atoms with Crippen molar-refractivity contribution < 1.29 is 23.9 Å². The van der Waals surface area contributed by atoms with E-state index in [4.69, 9.17) is 9.94 Å². The van der Waals surface area contributed by atoms with Crippen LogP contribution in [0.2, 0.25) is 0 Å². The lowest BCUT2D eigenvalue weighted by Gasteiger charge is -2.03. The molecule has 0 saturated carbocycles. The van der Waals surface area contributed by atoms with Gasteiger partial charge in [0, 0.05) is 30.2 Å². The first-order chi connectivity index (χ1) is 11.6. The van der Waals surface area contributed by atoms with Crippen LogP contribution in [0.4, 0.5) is 0 Å². The van der Waals surface area contributed by atoms with E-state index >= 15 is 0 Å². The predicted octanol–water partition coefficient (Wildman–Crippen LogP) is 1.93. The first-order valence-corrected chi connectivity index (χ1v) is 7.85. The van der Waals surface area contributed by atoms with E-state index in [-0.39, 0.29) is 5.78 Å². The van der Waals surface area contributed by atoms with Gasteiger partial charge in [0.05, 0.1) is 11.8 Å². The van der Waals surface area contributed by atoms with Gasteiger partial charge in [0.15, 0.2) is 30.6 Å². The second-order valence-corrected chi connectivity index (χ2v) is 5.98. The fourth-order valence-corrected chi connectivity index (χ4v) is 2.22. The summed E-state index contributed by atoms with van der Waals surface area (Å²) in [4.78, 5) is 12.1. The molecule has 2 aromatic rings. The van der Waals surface area contributed by atoms with Crippen LogP contribution in [0.25, 0.3) is 0 Å². The van der Waals surface area contributed by atoms with E-state index in [1.165, 1.54) is 6.21 Å². The third-order valence-corrected chi connectivity index (χ3v) is 3.38. The van der Waals surface area contributed by atoms with E-state index in [9.17, 15) is 4.79 Å². The van der Waals surface area contributed by atoms with Crippen molar-refractivity contribution in [2.75, 3.05) is 0 Å². The molecular weight excluding hydrogens is 306 g/mol. The molecule has 0 spiro atoms. The maximum Gasteiger partial charge on any atom is 0.257 e. The van der Waals surface area contributed by atoms with Gasteiger partial charge >= 0.3 is 0 Å². The number of Topliss-reactive ketones (excluding diaryl/α,β-unsaturated/α-hetero) is 1. The van der Waals surface area contributed by atoms with Crippen LogP contribution in [0, 0.1) is 5.92 Å². The highest BCUT2D eigenvalue weighted by atomic mass is 16.5.